The summed E-state index contributed by atoms with van der Waals surface area (Å²) in [6.07, 6.45) is -0.857. The Balaban J connectivity index is 2.02. The van der Waals surface area contributed by atoms with Crippen molar-refractivity contribution in [2.45, 2.75) is 103 Å². The molecule has 1 aliphatic heterocycles. The summed E-state index contributed by atoms with van der Waals surface area (Å²) in [6, 6.07) is 0. The lowest BCUT2D eigenvalue weighted by atomic mass is 10.0. The molecule has 0 aromatic rings. The maximum absolute atomic E-state index is 12.6. The Morgan fingerprint density at radius 1 is 1.28 bits per heavy atom. The quantitative estimate of drug-likeness (QED) is 0.412. The Hall–Kier alpha value is -0.470. The highest BCUT2D eigenvalue weighted by molar-refractivity contribution is 7.46. The molecule has 1 saturated carbocycles. The van der Waals surface area contributed by atoms with E-state index in [2.05, 4.69) is 6.58 Å². The van der Waals surface area contributed by atoms with Gasteiger partial charge in [0.05, 0.1) is 37.1 Å². The van der Waals surface area contributed by atoms with Gasteiger partial charge in [-0.1, -0.05) is 13.5 Å². The maximum Gasteiger partial charge on any atom is 0.319 e. The molecular weight excluding hydrogens is 399 g/mol. The molecular formula is C20H36O8P-. The predicted molar refractivity (Wildman–Crippen MR) is 106 cm³/mol. The van der Waals surface area contributed by atoms with E-state index < -0.39 is 25.6 Å². The van der Waals surface area contributed by atoms with Gasteiger partial charge in [0.1, 0.15) is 17.5 Å². The molecule has 2 aliphatic rings. The Kier molecular flexibility index (Phi) is 8.36. The molecule has 2 fully saturated rings. The predicted octanol–water partition coefficient (Wildman–Crippen LogP) is 2.93. The van der Waals surface area contributed by atoms with Crippen molar-refractivity contribution >= 4 is 7.82 Å². The molecule has 0 aromatic carbocycles. The minimum absolute atomic E-state index is 0.00578. The minimum Gasteiger partial charge on any atom is -0.746 e. The Bertz CT molecular complexity index is 609. The van der Waals surface area contributed by atoms with Gasteiger partial charge in [0.15, 0.2) is 0 Å². The van der Waals surface area contributed by atoms with Crippen LogP contribution in [0.3, 0.4) is 0 Å². The van der Waals surface area contributed by atoms with Gasteiger partial charge in [0.25, 0.3) is 0 Å². The van der Waals surface area contributed by atoms with Crippen LogP contribution in [0.5, 0.6) is 0 Å². The summed E-state index contributed by atoms with van der Waals surface area (Å²) in [5, 5.41) is 10.9. The molecule has 8 nitrogen and oxygen atoms in total. The van der Waals surface area contributed by atoms with Gasteiger partial charge >= 0.3 is 7.82 Å². The number of hydrogen-bond acceptors (Lipinski definition) is 8. The van der Waals surface area contributed by atoms with Gasteiger partial charge in [-0.25, -0.2) is 0 Å². The van der Waals surface area contributed by atoms with Crippen LogP contribution in [0.4, 0.5) is 0 Å². The van der Waals surface area contributed by atoms with E-state index in [1.807, 2.05) is 41.5 Å². The van der Waals surface area contributed by atoms with Crippen molar-refractivity contribution in [3.05, 3.63) is 12.3 Å². The molecule has 29 heavy (non-hydrogen) atoms. The van der Waals surface area contributed by atoms with Crippen LogP contribution in [0.15, 0.2) is 12.3 Å². The van der Waals surface area contributed by atoms with E-state index >= 15 is 0 Å². The van der Waals surface area contributed by atoms with Crippen molar-refractivity contribution in [2.75, 3.05) is 6.61 Å². The van der Waals surface area contributed by atoms with Gasteiger partial charge in [0.2, 0.25) is 0 Å². The van der Waals surface area contributed by atoms with Crippen LogP contribution in [-0.4, -0.2) is 53.9 Å². The molecule has 1 aliphatic carbocycles. The monoisotopic (exact) mass is 435 g/mol. The highest BCUT2D eigenvalue weighted by Gasteiger charge is 2.48. The molecule has 0 amide bonds. The number of phosphoric ester groups is 1. The largest absolute Gasteiger partial charge is 0.746 e. The number of aliphatic hydroxyl groups is 1. The Morgan fingerprint density at radius 2 is 1.93 bits per heavy atom. The molecule has 0 radical (unpaired) electrons. The van der Waals surface area contributed by atoms with E-state index in [1.54, 1.807) is 0 Å². The van der Waals surface area contributed by atoms with Crippen molar-refractivity contribution in [3.63, 3.8) is 0 Å². The zero-order valence-corrected chi connectivity index (χ0v) is 19.2. The minimum atomic E-state index is -4.79. The van der Waals surface area contributed by atoms with Crippen molar-refractivity contribution in [3.8, 4) is 0 Å². The second-order valence-corrected chi connectivity index (χ2v) is 10.2. The molecule has 7 atom stereocenters. The third-order valence-electron chi connectivity index (χ3n) is 5.11. The van der Waals surface area contributed by atoms with Crippen LogP contribution in [0, 0.1) is 5.92 Å². The fourth-order valence-electron chi connectivity index (χ4n) is 3.98. The summed E-state index contributed by atoms with van der Waals surface area (Å²) in [5.74, 6) is 0.0122. The van der Waals surface area contributed by atoms with E-state index in [4.69, 9.17) is 23.3 Å². The fourth-order valence-corrected chi connectivity index (χ4v) is 5.01. The number of rotatable bonds is 10. The smallest absolute Gasteiger partial charge is 0.319 e. The summed E-state index contributed by atoms with van der Waals surface area (Å²) in [7, 11) is -4.79. The van der Waals surface area contributed by atoms with E-state index in [1.165, 1.54) is 0 Å². The van der Waals surface area contributed by atoms with Crippen LogP contribution in [0.2, 0.25) is 0 Å². The SMILES string of the molecule is C=C(OP(=O)([O-])OC1CC(C)CC1(O)COC(C)C)C1OC(C)CC1OC(C)C. The van der Waals surface area contributed by atoms with E-state index in [0.29, 0.717) is 19.3 Å². The first kappa shape index (κ1) is 24.8. The average molecular weight is 435 g/mol. The molecule has 0 spiro atoms. The molecule has 7 unspecified atom stereocenters. The van der Waals surface area contributed by atoms with Crippen LogP contribution in [0.25, 0.3) is 0 Å². The van der Waals surface area contributed by atoms with Crippen molar-refractivity contribution in [1.82, 2.24) is 0 Å². The van der Waals surface area contributed by atoms with Gasteiger partial charge in [-0.05, 0) is 53.4 Å². The van der Waals surface area contributed by atoms with E-state index in [9.17, 15) is 14.6 Å². The lowest BCUT2D eigenvalue weighted by Gasteiger charge is -2.35. The first-order valence-corrected chi connectivity index (χ1v) is 11.8. The summed E-state index contributed by atoms with van der Waals surface area (Å²) >= 11 is 0. The number of ether oxygens (including phenoxy) is 3. The average Bonchev–Trinajstić information content (AvgIpc) is 3.03. The van der Waals surface area contributed by atoms with Crippen molar-refractivity contribution in [1.29, 1.82) is 0 Å². The van der Waals surface area contributed by atoms with Crippen LogP contribution in [0.1, 0.15) is 60.8 Å². The molecule has 0 bridgehead atoms. The molecule has 170 valence electrons. The highest BCUT2D eigenvalue weighted by atomic mass is 31.2. The molecule has 1 heterocycles. The Labute approximate surface area is 174 Å². The van der Waals surface area contributed by atoms with Crippen molar-refractivity contribution < 1.29 is 37.8 Å². The molecule has 1 saturated heterocycles. The van der Waals surface area contributed by atoms with Gasteiger partial charge < -0.3 is 33.3 Å². The highest BCUT2D eigenvalue weighted by Crippen LogP contribution is 2.50. The zero-order chi connectivity index (χ0) is 22.0. The number of hydrogen-bond donors (Lipinski definition) is 1. The first-order valence-electron chi connectivity index (χ1n) is 10.3. The topological polar surface area (TPSA) is 107 Å². The third-order valence-corrected chi connectivity index (χ3v) is 6.09. The second kappa shape index (κ2) is 9.77. The maximum atomic E-state index is 12.6. The fraction of sp³-hybridized carbons (Fsp3) is 0.900. The normalized spacial score (nSPS) is 37.2. The van der Waals surface area contributed by atoms with E-state index in [-0.39, 0.29) is 42.7 Å². The van der Waals surface area contributed by atoms with Crippen molar-refractivity contribution in [2.24, 2.45) is 5.92 Å². The number of phosphoric acid groups is 1. The van der Waals surface area contributed by atoms with Crippen LogP contribution >= 0.6 is 7.82 Å². The lowest BCUT2D eigenvalue weighted by Crippen LogP contribution is -2.44. The second-order valence-electron chi connectivity index (χ2n) is 8.93. The summed E-state index contributed by atoms with van der Waals surface area (Å²) in [4.78, 5) is 12.6. The van der Waals surface area contributed by atoms with Crippen LogP contribution < -0.4 is 4.89 Å². The lowest BCUT2D eigenvalue weighted by molar-refractivity contribution is -0.235. The molecule has 1 N–H and O–H groups in total. The van der Waals surface area contributed by atoms with Gasteiger partial charge in [-0.15, -0.1) is 0 Å². The summed E-state index contributed by atoms with van der Waals surface area (Å²) < 4.78 is 40.1. The molecule has 9 heteroatoms. The summed E-state index contributed by atoms with van der Waals surface area (Å²) in [6.45, 7) is 15.0. The standard InChI is InChI=1S/C20H37O8P/c1-12(2)24-11-20(21)10-14(5)8-18(20)28-29(22,23)27-16(7)19-17(25-13(3)4)9-15(6)26-19/h12-15,17-19,21H,7-11H2,1-6H3,(H,22,23)/p-1. The van der Waals surface area contributed by atoms with Gasteiger partial charge in [0, 0.05) is 6.42 Å². The first-order chi connectivity index (χ1) is 13.3. The molecule has 0 aromatic heterocycles. The van der Waals surface area contributed by atoms with Crippen LogP contribution in [-0.2, 0) is 27.8 Å². The molecule has 2 rings (SSSR count). The van der Waals surface area contributed by atoms with E-state index in [0.717, 1.165) is 0 Å². The van der Waals surface area contributed by atoms with Gasteiger partial charge in [-0.2, -0.15) is 0 Å². The zero-order valence-electron chi connectivity index (χ0n) is 18.3. The summed E-state index contributed by atoms with van der Waals surface area (Å²) in [5.41, 5.74) is -1.39. The third kappa shape index (κ3) is 7.03. The van der Waals surface area contributed by atoms with Gasteiger partial charge in [-0.3, -0.25) is 4.57 Å². The Morgan fingerprint density at radius 3 is 2.52 bits per heavy atom.